The van der Waals surface area contributed by atoms with Gasteiger partial charge in [0.15, 0.2) is 0 Å². The summed E-state index contributed by atoms with van der Waals surface area (Å²) >= 11 is 0. The molecule has 2 heterocycles. The lowest BCUT2D eigenvalue weighted by molar-refractivity contribution is 0.213. The molecule has 2 rings (SSSR count). The van der Waals surface area contributed by atoms with Crippen molar-refractivity contribution in [1.29, 1.82) is 0 Å². The fourth-order valence-corrected chi connectivity index (χ4v) is 2.72. The van der Waals surface area contributed by atoms with Gasteiger partial charge in [0, 0.05) is 38.9 Å². The van der Waals surface area contributed by atoms with E-state index < -0.39 is 0 Å². The van der Waals surface area contributed by atoms with E-state index in [9.17, 15) is 0 Å². The summed E-state index contributed by atoms with van der Waals surface area (Å²) in [6.07, 6.45) is 4.66. The second-order valence-corrected chi connectivity index (χ2v) is 5.86. The van der Waals surface area contributed by atoms with Crippen LogP contribution in [0.2, 0.25) is 0 Å². The van der Waals surface area contributed by atoms with Crippen LogP contribution < -0.4 is 5.32 Å². The molecule has 18 heavy (non-hydrogen) atoms. The summed E-state index contributed by atoms with van der Waals surface area (Å²) in [7, 11) is 1.98. The minimum atomic E-state index is 0.674. The molecule has 0 amide bonds. The first kappa shape index (κ1) is 13.6. The Balaban J connectivity index is 1.91. The maximum Gasteiger partial charge on any atom is 0.0764 e. The number of rotatable bonds is 6. The fourth-order valence-electron chi connectivity index (χ4n) is 2.72. The highest BCUT2D eigenvalue weighted by Gasteiger charge is 2.19. The molecule has 1 atom stereocenters. The first-order valence-electron chi connectivity index (χ1n) is 7.07. The molecule has 1 aliphatic rings. The molecule has 0 saturated carbocycles. The van der Waals surface area contributed by atoms with Gasteiger partial charge in [-0.25, -0.2) is 0 Å². The number of hydrogen-bond acceptors (Lipinski definition) is 3. The van der Waals surface area contributed by atoms with E-state index in [1.165, 1.54) is 25.1 Å². The molecule has 1 aromatic rings. The standard InChI is InChI=1S/C14H26N4/c1-12(2)9-18(10-13-5-4-7-15-13)11-14-6-8-17(3)16-14/h6,8,12-13,15H,4-5,7,9-11H2,1-3H3. The topological polar surface area (TPSA) is 33.1 Å². The lowest BCUT2D eigenvalue weighted by atomic mass is 10.1. The molecular formula is C14H26N4. The van der Waals surface area contributed by atoms with Crippen LogP contribution in [0.1, 0.15) is 32.4 Å². The molecular weight excluding hydrogens is 224 g/mol. The minimum absolute atomic E-state index is 0.674. The monoisotopic (exact) mass is 250 g/mol. The van der Waals surface area contributed by atoms with Crippen LogP contribution in [0.15, 0.2) is 12.3 Å². The van der Waals surface area contributed by atoms with E-state index in [-0.39, 0.29) is 0 Å². The number of nitrogens with zero attached hydrogens (tertiary/aromatic N) is 3. The van der Waals surface area contributed by atoms with Gasteiger partial charge in [-0.05, 0) is 31.4 Å². The second-order valence-electron chi connectivity index (χ2n) is 5.86. The molecule has 0 aliphatic carbocycles. The van der Waals surface area contributed by atoms with Crippen molar-refractivity contribution in [1.82, 2.24) is 20.0 Å². The Morgan fingerprint density at radius 2 is 2.39 bits per heavy atom. The van der Waals surface area contributed by atoms with E-state index >= 15 is 0 Å². The van der Waals surface area contributed by atoms with Crippen LogP contribution in [0.5, 0.6) is 0 Å². The summed E-state index contributed by atoms with van der Waals surface area (Å²) in [5, 5.41) is 8.07. The number of nitrogens with one attached hydrogen (secondary N) is 1. The Morgan fingerprint density at radius 3 is 2.94 bits per heavy atom. The first-order valence-corrected chi connectivity index (χ1v) is 7.07. The maximum atomic E-state index is 4.49. The van der Waals surface area contributed by atoms with Gasteiger partial charge >= 0.3 is 0 Å². The number of aryl methyl sites for hydroxylation is 1. The lowest BCUT2D eigenvalue weighted by Crippen LogP contribution is -2.39. The number of aromatic nitrogens is 2. The largest absolute Gasteiger partial charge is 0.313 e. The Morgan fingerprint density at radius 1 is 1.56 bits per heavy atom. The highest BCUT2D eigenvalue weighted by Crippen LogP contribution is 2.11. The third kappa shape index (κ3) is 4.10. The van der Waals surface area contributed by atoms with Crippen molar-refractivity contribution in [2.75, 3.05) is 19.6 Å². The van der Waals surface area contributed by atoms with Gasteiger partial charge in [-0.1, -0.05) is 13.8 Å². The molecule has 102 valence electrons. The summed E-state index contributed by atoms with van der Waals surface area (Å²) < 4.78 is 1.89. The van der Waals surface area contributed by atoms with Crippen LogP contribution in [0.3, 0.4) is 0 Å². The van der Waals surface area contributed by atoms with Crippen LogP contribution in [-0.2, 0) is 13.6 Å². The Kier molecular flexibility index (Phi) is 4.78. The molecule has 1 saturated heterocycles. The van der Waals surface area contributed by atoms with E-state index in [1.54, 1.807) is 0 Å². The average molecular weight is 250 g/mol. The minimum Gasteiger partial charge on any atom is -0.313 e. The fraction of sp³-hybridized carbons (Fsp3) is 0.786. The van der Waals surface area contributed by atoms with Gasteiger partial charge in [0.1, 0.15) is 0 Å². The predicted octanol–water partition coefficient (Wildman–Crippen LogP) is 1.63. The van der Waals surface area contributed by atoms with E-state index in [0.717, 1.165) is 19.6 Å². The zero-order valence-electron chi connectivity index (χ0n) is 11.9. The average Bonchev–Trinajstić information content (AvgIpc) is 2.89. The van der Waals surface area contributed by atoms with Gasteiger partial charge in [0.25, 0.3) is 0 Å². The van der Waals surface area contributed by atoms with Crippen molar-refractivity contribution in [3.8, 4) is 0 Å². The van der Waals surface area contributed by atoms with Gasteiger partial charge in [0.05, 0.1) is 5.69 Å². The van der Waals surface area contributed by atoms with Crippen molar-refractivity contribution < 1.29 is 0 Å². The molecule has 4 heteroatoms. The van der Waals surface area contributed by atoms with Crippen molar-refractivity contribution in [3.05, 3.63) is 18.0 Å². The Labute approximate surface area is 110 Å². The van der Waals surface area contributed by atoms with Crippen LogP contribution >= 0.6 is 0 Å². The number of hydrogen-bond donors (Lipinski definition) is 1. The second kappa shape index (κ2) is 6.34. The predicted molar refractivity (Wildman–Crippen MR) is 74.3 cm³/mol. The first-order chi connectivity index (χ1) is 8.63. The van der Waals surface area contributed by atoms with Crippen molar-refractivity contribution in [3.63, 3.8) is 0 Å². The lowest BCUT2D eigenvalue weighted by Gasteiger charge is -2.26. The highest BCUT2D eigenvalue weighted by atomic mass is 15.3. The Bertz CT molecular complexity index is 352. The summed E-state index contributed by atoms with van der Waals surface area (Å²) in [4.78, 5) is 2.54. The van der Waals surface area contributed by atoms with Crippen molar-refractivity contribution in [2.24, 2.45) is 13.0 Å². The van der Waals surface area contributed by atoms with E-state index in [4.69, 9.17) is 0 Å². The van der Waals surface area contributed by atoms with Crippen molar-refractivity contribution in [2.45, 2.75) is 39.3 Å². The summed E-state index contributed by atoms with van der Waals surface area (Å²) in [5.41, 5.74) is 1.18. The molecule has 0 spiro atoms. The molecule has 1 unspecified atom stereocenters. The van der Waals surface area contributed by atoms with Crippen LogP contribution in [0.25, 0.3) is 0 Å². The molecule has 1 fully saturated rings. The van der Waals surface area contributed by atoms with E-state index in [1.807, 2.05) is 17.9 Å². The SMILES string of the molecule is CC(C)CN(Cc1ccn(C)n1)CC1CCCN1. The molecule has 1 N–H and O–H groups in total. The smallest absolute Gasteiger partial charge is 0.0764 e. The van der Waals surface area contributed by atoms with Crippen molar-refractivity contribution >= 4 is 0 Å². The van der Waals surface area contributed by atoms with Crippen LogP contribution in [0.4, 0.5) is 0 Å². The van der Waals surface area contributed by atoms with Crippen LogP contribution in [-0.4, -0.2) is 40.4 Å². The molecule has 0 aromatic carbocycles. The summed E-state index contributed by atoms with van der Waals surface area (Å²) in [6.45, 7) is 9.02. The third-order valence-corrected chi connectivity index (χ3v) is 3.42. The van der Waals surface area contributed by atoms with E-state index in [0.29, 0.717) is 12.0 Å². The molecule has 0 radical (unpaired) electrons. The molecule has 1 aromatic heterocycles. The summed E-state index contributed by atoms with van der Waals surface area (Å²) in [5.74, 6) is 0.704. The zero-order valence-corrected chi connectivity index (χ0v) is 11.9. The molecule has 0 bridgehead atoms. The summed E-state index contributed by atoms with van der Waals surface area (Å²) in [6, 6.07) is 2.79. The highest BCUT2D eigenvalue weighted by molar-refractivity contribution is 4.98. The maximum absolute atomic E-state index is 4.49. The van der Waals surface area contributed by atoms with Gasteiger partial charge < -0.3 is 5.32 Å². The van der Waals surface area contributed by atoms with Gasteiger partial charge in [-0.2, -0.15) is 5.10 Å². The van der Waals surface area contributed by atoms with Gasteiger partial charge in [-0.3, -0.25) is 9.58 Å². The van der Waals surface area contributed by atoms with Gasteiger partial charge in [0.2, 0.25) is 0 Å². The molecule has 1 aliphatic heterocycles. The van der Waals surface area contributed by atoms with E-state index in [2.05, 4.69) is 35.2 Å². The normalized spacial score (nSPS) is 20.2. The van der Waals surface area contributed by atoms with Gasteiger partial charge in [-0.15, -0.1) is 0 Å². The van der Waals surface area contributed by atoms with Crippen LogP contribution in [0, 0.1) is 5.92 Å². The quantitative estimate of drug-likeness (QED) is 0.833. The Hall–Kier alpha value is -0.870. The third-order valence-electron chi connectivity index (χ3n) is 3.42. The molecule has 4 nitrogen and oxygen atoms in total. The zero-order chi connectivity index (χ0) is 13.0.